The largest absolute Gasteiger partial charge is 0.433 e. The van der Waals surface area contributed by atoms with Crippen molar-refractivity contribution in [1.82, 2.24) is 10.3 Å². The molecular formula is C14H19F3N2O2. The molecule has 21 heavy (non-hydrogen) atoms. The number of pyridine rings is 1. The summed E-state index contributed by atoms with van der Waals surface area (Å²) >= 11 is 0. The fourth-order valence-corrected chi connectivity index (χ4v) is 2.02. The number of carbonyl (C=O) groups excluding carboxylic acids is 1. The number of hydrogen-bond acceptors (Lipinski definition) is 3. The van der Waals surface area contributed by atoms with Gasteiger partial charge in [0, 0.05) is 12.7 Å². The fourth-order valence-electron chi connectivity index (χ4n) is 2.02. The molecule has 0 aromatic carbocycles. The summed E-state index contributed by atoms with van der Waals surface area (Å²) in [4.78, 5) is 15.0. The number of carbonyl (C=O) groups is 1. The van der Waals surface area contributed by atoms with Crippen LogP contribution < -0.4 is 5.32 Å². The monoisotopic (exact) mass is 304 g/mol. The Morgan fingerprint density at radius 3 is 2.43 bits per heavy atom. The van der Waals surface area contributed by atoms with Crippen molar-refractivity contribution < 1.29 is 23.1 Å². The standard InChI is InChI=1S/C14H19F3N2O2/c1-9(2)6-13(3,21)8-19-12(20)10-4-5-11(18-7-10)14(15,16)17/h4-5,7,9,21H,6,8H2,1-3H3,(H,19,20). The van der Waals surface area contributed by atoms with Crippen LogP contribution in [0.15, 0.2) is 18.3 Å². The van der Waals surface area contributed by atoms with Crippen LogP contribution in [0, 0.1) is 5.92 Å². The van der Waals surface area contributed by atoms with Crippen molar-refractivity contribution in [3.05, 3.63) is 29.6 Å². The summed E-state index contributed by atoms with van der Waals surface area (Å²) in [5.74, 6) is -0.315. The highest BCUT2D eigenvalue weighted by atomic mass is 19.4. The maximum atomic E-state index is 12.4. The van der Waals surface area contributed by atoms with Gasteiger partial charge in [0.2, 0.25) is 0 Å². The maximum Gasteiger partial charge on any atom is 0.433 e. The van der Waals surface area contributed by atoms with Crippen molar-refractivity contribution in [2.75, 3.05) is 6.54 Å². The van der Waals surface area contributed by atoms with Gasteiger partial charge in [-0.25, -0.2) is 0 Å². The van der Waals surface area contributed by atoms with Crippen molar-refractivity contribution >= 4 is 5.91 Å². The average Bonchev–Trinajstić information content (AvgIpc) is 2.33. The van der Waals surface area contributed by atoms with Gasteiger partial charge < -0.3 is 10.4 Å². The topological polar surface area (TPSA) is 62.2 Å². The van der Waals surface area contributed by atoms with E-state index >= 15 is 0 Å². The molecule has 0 aliphatic rings. The molecule has 1 aromatic rings. The van der Waals surface area contributed by atoms with Gasteiger partial charge in [-0.15, -0.1) is 0 Å². The van der Waals surface area contributed by atoms with Crippen LogP contribution in [0.4, 0.5) is 13.2 Å². The zero-order valence-electron chi connectivity index (χ0n) is 12.2. The number of alkyl halides is 3. The molecule has 0 aliphatic heterocycles. The first kappa shape index (κ1) is 17.4. The van der Waals surface area contributed by atoms with Gasteiger partial charge in [0.15, 0.2) is 0 Å². The number of rotatable bonds is 5. The first-order valence-corrected chi connectivity index (χ1v) is 6.55. The molecule has 0 spiro atoms. The van der Waals surface area contributed by atoms with Gasteiger partial charge in [0.25, 0.3) is 5.91 Å². The number of aromatic nitrogens is 1. The van der Waals surface area contributed by atoms with Crippen LogP contribution in [0.3, 0.4) is 0 Å². The van der Waals surface area contributed by atoms with Crippen molar-refractivity contribution in [2.45, 2.75) is 39.0 Å². The minimum Gasteiger partial charge on any atom is -0.388 e. The van der Waals surface area contributed by atoms with Crippen molar-refractivity contribution in [1.29, 1.82) is 0 Å². The van der Waals surface area contributed by atoms with Gasteiger partial charge in [0.05, 0.1) is 11.2 Å². The Morgan fingerprint density at radius 2 is 2.00 bits per heavy atom. The van der Waals surface area contributed by atoms with Crippen LogP contribution in [0.5, 0.6) is 0 Å². The van der Waals surface area contributed by atoms with Gasteiger partial charge in [0.1, 0.15) is 5.69 Å². The molecule has 0 saturated heterocycles. The number of aliphatic hydroxyl groups is 1. The molecule has 0 bridgehead atoms. The molecule has 1 amide bonds. The summed E-state index contributed by atoms with van der Waals surface area (Å²) in [6.07, 6.45) is -3.16. The van der Waals surface area contributed by atoms with Crippen molar-refractivity contribution in [2.24, 2.45) is 5.92 Å². The third-order valence-corrected chi connectivity index (χ3v) is 2.79. The molecule has 0 aliphatic carbocycles. The van der Waals surface area contributed by atoms with Gasteiger partial charge in [-0.1, -0.05) is 13.8 Å². The fraction of sp³-hybridized carbons (Fsp3) is 0.571. The molecule has 118 valence electrons. The first-order chi connectivity index (χ1) is 9.51. The average molecular weight is 304 g/mol. The van der Waals surface area contributed by atoms with E-state index in [0.717, 1.165) is 18.3 Å². The van der Waals surface area contributed by atoms with Gasteiger partial charge >= 0.3 is 6.18 Å². The predicted molar refractivity (Wildman–Crippen MR) is 71.7 cm³/mol. The molecular weight excluding hydrogens is 285 g/mol. The quantitative estimate of drug-likeness (QED) is 0.879. The first-order valence-electron chi connectivity index (χ1n) is 6.55. The van der Waals surface area contributed by atoms with Crippen LogP contribution >= 0.6 is 0 Å². The number of hydrogen-bond donors (Lipinski definition) is 2. The van der Waals surface area contributed by atoms with E-state index in [0.29, 0.717) is 6.42 Å². The Hall–Kier alpha value is -1.63. The minimum atomic E-state index is -4.53. The summed E-state index contributed by atoms with van der Waals surface area (Å²) in [5.41, 5.74) is -2.10. The number of amides is 1. The van der Waals surface area contributed by atoms with Crippen LogP contribution in [0.25, 0.3) is 0 Å². The Kier molecular flexibility index (Phi) is 5.33. The lowest BCUT2D eigenvalue weighted by Gasteiger charge is -2.25. The summed E-state index contributed by atoms with van der Waals surface area (Å²) < 4.78 is 37.1. The van der Waals surface area contributed by atoms with Gasteiger partial charge in [-0.3, -0.25) is 9.78 Å². The summed E-state index contributed by atoms with van der Waals surface area (Å²) in [7, 11) is 0. The van der Waals surface area contributed by atoms with Crippen molar-refractivity contribution in [3.8, 4) is 0 Å². The third-order valence-electron chi connectivity index (χ3n) is 2.79. The minimum absolute atomic E-state index is 0.0170. The molecule has 1 rings (SSSR count). The Balaban J connectivity index is 2.64. The van der Waals surface area contributed by atoms with Gasteiger partial charge in [-0.05, 0) is 31.4 Å². The highest BCUT2D eigenvalue weighted by Crippen LogP contribution is 2.27. The highest BCUT2D eigenvalue weighted by Gasteiger charge is 2.32. The zero-order valence-corrected chi connectivity index (χ0v) is 12.2. The van der Waals surface area contributed by atoms with E-state index in [4.69, 9.17) is 0 Å². The number of nitrogens with zero attached hydrogens (tertiary/aromatic N) is 1. The van der Waals surface area contributed by atoms with E-state index in [2.05, 4.69) is 10.3 Å². The van der Waals surface area contributed by atoms with Crippen molar-refractivity contribution in [3.63, 3.8) is 0 Å². The second kappa shape index (κ2) is 6.43. The lowest BCUT2D eigenvalue weighted by molar-refractivity contribution is -0.141. The molecule has 2 N–H and O–H groups in total. The van der Waals surface area contributed by atoms with E-state index in [-0.39, 0.29) is 18.0 Å². The molecule has 0 fully saturated rings. The van der Waals surface area contributed by atoms with Gasteiger partial charge in [-0.2, -0.15) is 13.2 Å². The second-order valence-corrected chi connectivity index (χ2v) is 5.71. The van der Waals surface area contributed by atoms with E-state index in [1.54, 1.807) is 6.92 Å². The Morgan fingerprint density at radius 1 is 1.38 bits per heavy atom. The normalized spacial score (nSPS) is 14.9. The van der Waals surface area contributed by atoms with E-state index in [1.807, 2.05) is 13.8 Å². The lowest BCUT2D eigenvalue weighted by atomic mass is 9.94. The SMILES string of the molecule is CC(C)CC(C)(O)CNC(=O)c1ccc(C(F)(F)F)nc1. The van der Waals surface area contributed by atoms with Crippen LogP contribution in [0.2, 0.25) is 0 Å². The molecule has 0 saturated carbocycles. The highest BCUT2D eigenvalue weighted by molar-refractivity contribution is 5.93. The molecule has 1 atom stereocenters. The zero-order chi connectivity index (χ0) is 16.3. The molecule has 1 aromatic heterocycles. The molecule has 0 radical (unpaired) electrons. The third kappa shape index (κ3) is 5.71. The van der Waals surface area contributed by atoms with Crippen LogP contribution in [0.1, 0.15) is 43.2 Å². The summed E-state index contributed by atoms with van der Waals surface area (Å²) in [6, 6.07) is 1.81. The second-order valence-electron chi connectivity index (χ2n) is 5.71. The summed E-state index contributed by atoms with van der Waals surface area (Å²) in [5, 5.41) is 12.5. The molecule has 1 unspecified atom stereocenters. The predicted octanol–water partition coefficient (Wildman–Crippen LogP) is 2.63. The van der Waals surface area contributed by atoms with Crippen LogP contribution in [-0.2, 0) is 6.18 Å². The summed E-state index contributed by atoms with van der Waals surface area (Å²) in [6.45, 7) is 5.50. The Bertz CT molecular complexity index is 482. The van der Waals surface area contributed by atoms with E-state index in [1.165, 1.54) is 0 Å². The van der Waals surface area contributed by atoms with Crippen LogP contribution in [-0.4, -0.2) is 28.1 Å². The van der Waals surface area contributed by atoms with E-state index < -0.39 is 23.4 Å². The molecule has 4 nitrogen and oxygen atoms in total. The number of nitrogens with one attached hydrogen (secondary N) is 1. The number of halogens is 3. The molecule has 1 heterocycles. The molecule has 7 heteroatoms. The van der Waals surface area contributed by atoms with E-state index in [9.17, 15) is 23.1 Å². The maximum absolute atomic E-state index is 12.4. The lowest BCUT2D eigenvalue weighted by Crippen LogP contribution is -2.41. The smallest absolute Gasteiger partial charge is 0.388 e. The Labute approximate surface area is 121 Å².